The maximum Gasteiger partial charge on any atom is 0.265 e. The fourth-order valence-electron chi connectivity index (χ4n) is 3.22. The van der Waals surface area contributed by atoms with Crippen molar-refractivity contribution in [1.82, 2.24) is 4.98 Å². The second kappa shape index (κ2) is 9.58. The fraction of sp³-hybridized carbons (Fsp3) is 0.250. The van der Waals surface area contributed by atoms with Gasteiger partial charge in [0.2, 0.25) is 0 Å². The first kappa shape index (κ1) is 22.1. The highest BCUT2D eigenvalue weighted by Gasteiger charge is 2.19. The van der Waals surface area contributed by atoms with Gasteiger partial charge in [-0.05, 0) is 61.9 Å². The zero-order chi connectivity index (χ0) is 22.7. The monoisotopic (exact) mass is 467 g/mol. The predicted molar refractivity (Wildman–Crippen MR) is 133 cm³/mol. The molecule has 1 amide bonds. The summed E-state index contributed by atoms with van der Waals surface area (Å²) >= 11 is 3.03. The maximum absolute atomic E-state index is 12.7. The topological polar surface area (TPSA) is 63.7 Å². The molecule has 0 unspecified atom stereocenters. The normalized spacial score (nSPS) is 11.0. The molecule has 2 aromatic heterocycles. The van der Waals surface area contributed by atoms with Gasteiger partial charge in [-0.25, -0.2) is 4.98 Å². The molecule has 0 saturated heterocycles. The summed E-state index contributed by atoms with van der Waals surface area (Å²) in [4.78, 5) is 21.3. The van der Waals surface area contributed by atoms with Crippen LogP contribution in [0.2, 0.25) is 0 Å². The number of carbonyl (C=O) groups excluding carboxylic acids is 1. The van der Waals surface area contributed by atoms with E-state index in [2.05, 4.69) is 36.2 Å². The SMILES string of the molecule is COc1ccc(CN(c2nc3sc(C(=O)Nc4ccc(OC)cc4)cc3s2)C(C)C)cc1. The number of aromatic nitrogens is 1. The maximum atomic E-state index is 12.7. The van der Waals surface area contributed by atoms with Crippen LogP contribution >= 0.6 is 22.7 Å². The van der Waals surface area contributed by atoms with Gasteiger partial charge in [-0.2, -0.15) is 0 Å². The van der Waals surface area contributed by atoms with E-state index in [1.807, 2.05) is 42.5 Å². The Morgan fingerprint density at radius 1 is 1.00 bits per heavy atom. The average molecular weight is 468 g/mol. The van der Waals surface area contributed by atoms with Crippen LogP contribution in [0.4, 0.5) is 10.8 Å². The first-order chi connectivity index (χ1) is 15.5. The molecule has 6 nitrogen and oxygen atoms in total. The number of carbonyl (C=O) groups is 1. The van der Waals surface area contributed by atoms with Crippen molar-refractivity contribution in [3.05, 3.63) is 65.0 Å². The molecule has 1 N–H and O–H groups in total. The highest BCUT2D eigenvalue weighted by atomic mass is 32.1. The molecule has 32 heavy (non-hydrogen) atoms. The third kappa shape index (κ3) is 4.87. The minimum Gasteiger partial charge on any atom is -0.497 e. The molecular weight excluding hydrogens is 442 g/mol. The number of anilines is 2. The van der Waals surface area contributed by atoms with E-state index in [1.165, 1.54) is 16.9 Å². The van der Waals surface area contributed by atoms with Crippen molar-refractivity contribution in [3.8, 4) is 11.5 Å². The van der Waals surface area contributed by atoms with Crippen LogP contribution in [-0.2, 0) is 6.54 Å². The highest BCUT2D eigenvalue weighted by molar-refractivity contribution is 7.29. The Kier molecular flexibility index (Phi) is 6.62. The minimum atomic E-state index is -0.133. The Labute approximate surface area is 195 Å². The molecule has 8 heteroatoms. The standard InChI is InChI=1S/C24H25N3O3S2/c1-15(2)27(14-16-5-9-18(29-3)10-6-16)24-26-23-21(32-24)13-20(31-23)22(28)25-17-7-11-19(30-4)12-8-17/h5-13,15H,14H2,1-4H3,(H,25,28). The number of fused-ring (bicyclic) bond motifs is 1. The van der Waals surface area contributed by atoms with E-state index in [4.69, 9.17) is 14.5 Å². The summed E-state index contributed by atoms with van der Waals surface area (Å²) in [5.74, 6) is 1.46. The summed E-state index contributed by atoms with van der Waals surface area (Å²) in [6, 6.07) is 17.6. The largest absolute Gasteiger partial charge is 0.497 e. The highest BCUT2D eigenvalue weighted by Crippen LogP contribution is 2.36. The Hall–Kier alpha value is -3.10. The van der Waals surface area contributed by atoms with Gasteiger partial charge in [-0.15, -0.1) is 11.3 Å². The van der Waals surface area contributed by atoms with Crippen LogP contribution in [0.15, 0.2) is 54.6 Å². The van der Waals surface area contributed by atoms with Crippen LogP contribution in [0.1, 0.15) is 29.1 Å². The molecule has 4 aromatic rings. The summed E-state index contributed by atoms with van der Waals surface area (Å²) < 4.78 is 11.4. The van der Waals surface area contributed by atoms with Gasteiger partial charge in [0.25, 0.3) is 5.91 Å². The fourth-order valence-corrected chi connectivity index (χ4v) is 5.46. The van der Waals surface area contributed by atoms with Crippen LogP contribution in [0, 0.1) is 0 Å². The van der Waals surface area contributed by atoms with Gasteiger partial charge in [-0.1, -0.05) is 23.5 Å². The summed E-state index contributed by atoms with van der Waals surface area (Å²) in [7, 11) is 3.29. The number of ether oxygens (including phenoxy) is 2. The van der Waals surface area contributed by atoms with E-state index in [-0.39, 0.29) is 11.9 Å². The molecule has 166 valence electrons. The van der Waals surface area contributed by atoms with Gasteiger partial charge in [0.1, 0.15) is 16.3 Å². The third-order valence-corrected chi connectivity index (χ3v) is 7.23. The quantitative estimate of drug-likeness (QED) is 0.342. The van der Waals surface area contributed by atoms with Crippen molar-refractivity contribution in [2.45, 2.75) is 26.4 Å². The average Bonchev–Trinajstić information content (AvgIpc) is 3.37. The number of nitrogens with zero attached hydrogens (tertiary/aromatic N) is 2. The van der Waals surface area contributed by atoms with Crippen molar-refractivity contribution in [1.29, 1.82) is 0 Å². The molecule has 4 rings (SSSR count). The van der Waals surface area contributed by atoms with Gasteiger partial charge in [0.05, 0.1) is 23.8 Å². The minimum absolute atomic E-state index is 0.133. The van der Waals surface area contributed by atoms with Crippen LogP contribution in [-0.4, -0.2) is 31.2 Å². The second-order valence-electron chi connectivity index (χ2n) is 7.53. The number of hydrogen-bond acceptors (Lipinski definition) is 7. The van der Waals surface area contributed by atoms with Gasteiger partial charge in [-0.3, -0.25) is 4.79 Å². The first-order valence-corrected chi connectivity index (χ1v) is 11.9. The molecule has 0 bridgehead atoms. The summed E-state index contributed by atoms with van der Waals surface area (Å²) in [6.45, 7) is 5.08. The molecule has 0 fully saturated rings. The molecule has 2 aromatic carbocycles. The lowest BCUT2D eigenvalue weighted by molar-refractivity contribution is 0.103. The zero-order valence-corrected chi connectivity index (χ0v) is 20.0. The van der Waals surface area contributed by atoms with Crippen molar-refractivity contribution < 1.29 is 14.3 Å². The van der Waals surface area contributed by atoms with Crippen molar-refractivity contribution in [3.63, 3.8) is 0 Å². The number of hydrogen-bond donors (Lipinski definition) is 1. The molecule has 0 saturated carbocycles. The predicted octanol–water partition coefficient (Wildman–Crippen LogP) is 6.04. The number of benzene rings is 2. The number of methoxy groups -OCH3 is 2. The lowest BCUT2D eigenvalue weighted by Gasteiger charge is -2.26. The van der Waals surface area contributed by atoms with Gasteiger partial charge >= 0.3 is 0 Å². The molecular formula is C24H25N3O3S2. The molecule has 0 radical (unpaired) electrons. The first-order valence-electron chi connectivity index (χ1n) is 10.2. The van der Waals surface area contributed by atoms with Crippen molar-refractivity contribution in [2.75, 3.05) is 24.4 Å². The van der Waals surface area contributed by atoms with Crippen LogP contribution in [0.5, 0.6) is 11.5 Å². The number of amides is 1. The second-order valence-corrected chi connectivity index (χ2v) is 9.57. The smallest absolute Gasteiger partial charge is 0.265 e. The van der Waals surface area contributed by atoms with E-state index in [9.17, 15) is 4.79 Å². The summed E-state index contributed by atoms with van der Waals surface area (Å²) in [6.07, 6.45) is 0. The van der Waals surface area contributed by atoms with Crippen molar-refractivity contribution >= 4 is 48.9 Å². The zero-order valence-electron chi connectivity index (χ0n) is 18.4. The summed E-state index contributed by atoms with van der Waals surface area (Å²) in [5.41, 5.74) is 1.92. The van der Waals surface area contributed by atoms with E-state index in [0.717, 1.165) is 38.4 Å². The van der Waals surface area contributed by atoms with Crippen LogP contribution < -0.4 is 19.7 Å². The van der Waals surface area contributed by atoms with E-state index in [0.29, 0.717) is 4.88 Å². The van der Waals surface area contributed by atoms with E-state index < -0.39 is 0 Å². The number of nitrogens with one attached hydrogen (secondary N) is 1. The van der Waals surface area contributed by atoms with Gasteiger partial charge in [0.15, 0.2) is 5.13 Å². The Morgan fingerprint density at radius 3 is 2.19 bits per heavy atom. The molecule has 0 spiro atoms. The third-order valence-electron chi connectivity index (χ3n) is 5.03. The molecule has 2 heterocycles. The Morgan fingerprint density at radius 2 is 1.62 bits per heavy atom. The Bertz CT molecular complexity index is 1170. The van der Waals surface area contributed by atoms with Crippen molar-refractivity contribution in [2.24, 2.45) is 0 Å². The number of rotatable bonds is 8. The lowest BCUT2D eigenvalue weighted by Crippen LogP contribution is -2.29. The van der Waals surface area contributed by atoms with E-state index in [1.54, 1.807) is 25.6 Å². The Balaban J connectivity index is 1.50. The lowest BCUT2D eigenvalue weighted by atomic mass is 10.2. The molecule has 0 aliphatic carbocycles. The number of thiazole rings is 1. The molecule has 0 aliphatic rings. The van der Waals surface area contributed by atoms with Crippen LogP contribution in [0.3, 0.4) is 0 Å². The van der Waals surface area contributed by atoms with Crippen LogP contribution in [0.25, 0.3) is 9.53 Å². The number of thiophene rings is 1. The summed E-state index contributed by atoms with van der Waals surface area (Å²) in [5, 5.41) is 3.89. The van der Waals surface area contributed by atoms with Gasteiger partial charge < -0.3 is 19.7 Å². The van der Waals surface area contributed by atoms with E-state index >= 15 is 0 Å². The van der Waals surface area contributed by atoms with Gasteiger partial charge in [0, 0.05) is 18.3 Å². The molecule has 0 atom stereocenters. The molecule has 0 aliphatic heterocycles.